The molecule has 3 amide bonds. The number of nitrogens with zero attached hydrogens (tertiary/aromatic N) is 3. The molecule has 156 valence electrons. The molecule has 8 nitrogen and oxygen atoms in total. The summed E-state index contributed by atoms with van der Waals surface area (Å²) >= 11 is 5.97. The summed E-state index contributed by atoms with van der Waals surface area (Å²) in [5, 5.41) is 7.97. The van der Waals surface area contributed by atoms with Crippen LogP contribution in [-0.4, -0.2) is 34.0 Å². The monoisotopic (exact) mass is 435 g/mol. The molecule has 0 saturated carbocycles. The SMILES string of the molecule is NC(=O)CN1C(=O)[C@]2(CC(=O)Nc3c2cnn3Cc2ccc(Cl)cc2)c2ccccc21. The van der Waals surface area contributed by atoms with E-state index in [-0.39, 0.29) is 24.8 Å². The molecular weight excluding hydrogens is 418 g/mol. The highest BCUT2D eigenvalue weighted by atomic mass is 35.5. The lowest BCUT2D eigenvalue weighted by Gasteiger charge is -2.32. The molecule has 31 heavy (non-hydrogen) atoms. The normalized spacial score (nSPS) is 19.3. The number of rotatable bonds is 4. The van der Waals surface area contributed by atoms with Crippen LogP contribution in [0.15, 0.2) is 54.7 Å². The minimum absolute atomic E-state index is 0.0717. The maximum atomic E-state index is 13.7. The first-order chi connectivity index (χ1) is 14.9. The van der Waals surface area contributed by atoms with Gasteiger partial charge in [0, 0.05) is 22.7 Å². The van der Waals surface area contributed by atoms with Crippen LogP contribution in [0.2, 0.25) is 5.02 Å². The van der Waals surface area contributed by atoms with Gasteiger partial charge in [0.2, 0.25) is 17.7 Å². The summed E-state index contributed by atoms with van der Waals surface area (Å²) in [6.07, 6.45) is 1.55. The molecule has 1 spiro atoms. The van der Waals surface area contributed by atoms with Gasteiger partial charge in [-0.25, -0.2) is 4.68 Å². The highest BCUT2D eigenvalue weighted by molar-refractivity contribution is 6.30. The number of nitrogens with two attached hydrogens (primary N) is 1. The van der Waals surface area contributed by atoms with Crippen LogP contribution in [-0.2, 0) is 26.3 Å². The van der Waals surface area contributed by atoms with Crippen molar-refractivity contribution in [2.75, 3.05) is 16.8 Å². The van der Waals surface area contributed by atoms with Gasteiger partial charge in [-0.3, -0.25) is 14.4 Å². The second-order valence-corrected chi connectivity index (χ2v) is 8.13. The van der Waals surface area contributed by atoms with Crippen LogP contribution in [0.4, 0.5) is 11.5 Å². The second-order valence-electron chi connectivity index (χ2n) is 7.70. The first-order valence-corrected chi connectivity index (χ1v) is 10.1. The number of halogens is 1. The van der Waals surface area contributed by atoms with E-state index in [4.69, 9.17) is 17.3 Å². The molecule has 2 aliphatic heterocycles. The summed E-state index contributed by atoms with van der Waals surface area (Å²) in [6.45, 7) is 0.136. The Morgan fingerprint density at radius 2 is 1.87 bits per heavy atom. The fraction of sp³-hybridized carbons (Fsp3) is 0.182. The van der Waals surface area contributed by atoms with Crippen molar-refractivity contribution in [2.24, 2.45) is 5.73 Å². The summed E-state index contributed by atoms with van der Waals surface area (Å²) in [4.78, 5) is 39.5. The number of primary amides is 1. The quantitative estimate of drug-likeness (QED) is 0.653. The van der Waals surface area contributed by atoms with Crippen molar-refractivity contribution in [3.63, 3.8) is 0 Å². The van der Waals surface area contributed by atoms with Crippen molar-refractivity contribution in [2.45, 2.75) is 18.4 Å². The van der Waals surface area contributed by atoms with E-state index in [2.05, 4.69) is 10.4 Å². The molecule has 3 heterocycles. The van der Waals surface area contributed by atoms with E-state index < -0.39 is 11.3 Å². The number of hydrogen-bond donors (Lipinski definition) is 2. The molecule has 9 heteroatoms. The van der Waals surface area contributed by atoms with Crippen molar-refractivity contribution >= 4 is 40.8 Å². The summed E-state index contributed by atoms with van der Waals surface area (Å²) in [7, 11) is 0. The van der Waals surface area contributed by atoms with E-state index in [1.807, 2.05) is 24.3 Å². The van der Waals surface area contributed by atoms with Gasteiger partial charge in [0.25, 0.3) is 0 Å². The third-order valence-electron chi connectivity index (χ3n) is 5.81. The number of anilines is 2. The van der Waals surface area contributed by atoms with E-state index in [0.29, 0.717) is 34.2 Å². The topological polar surface area (TPSA) is 110 Å². The van der Waals surface area contributed by atoms with Gasteiger partial charge in [-0.2, -0.15) is 5.10 Å². The van der Waals surface area contributed by atoms with Crippen LogP contribution < -0.4 is 16.0 Å². The molecule has 0 unspecified atom stereocenters. The molecule has 2 aromatic carbocycles. The lowest BCUT2D eigenvalue weighted by molar-refractivity contribution is -0.127. The molecule has 0 bridgehead atoms. The number of carbonyl (C=O) groups is 3. The molecule has 0 radical (unpaired) electrons. The molecule has 3 N–H and O–H groups in total. The number of hydrogen-bond acceptors (Lipinski definition) is 4. The lowest BCUT2D eigenvalue weighted by Crippen LogP contribution is -2.48. The summed E-state index contributed by atoms with van der Waals surface area (Å²) < 4.78 is 1.66. The second kappa shape index (κ2) is 6.95. The summed E-state index contributed by atoms with van der Waals surface area (Å²) in [5.41, 5.74) is 6.94. The first-order valence-electron chi connectivity index (χ1n) is 9.70. The minimum Gasteiger partial charge on any atom is -0.368 e. The van der Waals surface area contributed by atoms with Crippen LogP contribution >= 0.6 is 11.6 Å². The van der Waals surface area contributed by atoms with E-state index in [1.165, 1.54) is 4.90 Å². The molecule has 5 rings (SSSR count). The number of para-hydroxylation sites is 1. The van der Waals surface area contributed by atoms with Crippen molar-refractivity contribution < 1.29 is 14.4 Å². The third-order valence-corrected chi connectivity index (χ3v) is 6.06. The third kappa shape index (κ3) is 2.90. The fourth-order valence-corrected chi connectivity index (χ4v) is 4.62. The molecule has 0 fully saturated rings. The Balaban J connectivity index is 1.64. The number of fused-ring (bicyclic) bond motifs is 4. The Morgan fingerprint density at radius 1 is 1.13 bits per heavy atom. The maximum Gasteiger partial charge on any atom is 0.243 e. The molecule has 0 aliphatic carbocycles. The highest BCUT2D eigenvalue weighted by Crippen LogP contribution is 2.52. The van der Waals surface area contributed by atoms with Crippen LogP contribution in [0.25, 0.3) is 0 Å². The lowest BCUT2D eigenvalue weighted by atomic mass is 9.72. The standard InChI is InChI=1S/C22H18ClN5O3/c23-14-7-5-13(6-8-14)11-28-20-16(10-25-28)22(9-19(30)26-20)15-3-1-2-4-17(15)27(21(22)31)12-18(24)29/h1-8,10H,9,11-12H2,(H2,24,29)(H,26,30)/t22-/m1/s1. The fourth-order valence-electron chi connectivity index (χ4n) is 4.49. The Bertz CT molecular complexity index is 1240. The summed E-state index contributed by atoms with van der Waals surface area (Å²) in [6, 6.07) is 14.5. The number of carbonyl (C=O) groups excluding carboxylic acids is 3. The van der Waals surface area contributed by atoms with Crippen LogP contribution in [0.5, 0.6) is 0 Å². The van der Waals surface area contributed by atoms with Gasteiger partial charge in [-0.05, 0) is 29.3 Å². The van der Waals surface area contributed by atoms with Crippen molar-refractivity contribution in [3.8, 4) is 0 Å². The van der Waals surface area contributed by atoms with Crippen molar-refractivity contribution in [1.29, 1.82) is 0 Å². The predicted octanol–water partition coefficient (Wildman–Crippen LogP) is 2.05. The van der Waals surface area contributed by atoms with E-state index in [9.17, 15) is 14.4 Å². The summed E-state index contributed by atoms with van der Waals surface area (Å²) in [5.74, 6) is -0.807. The molecule has 1 aromatic heterocycles. The van der Waals surface area contributed by atoms with Gasteiger partial charge in [-0.15, -0.1) is 0 Å². The molecular formula is C22H18ClN5O3. The van der Waals surface area contributed by atoms with E-state index >= 15 is 0 Å². The molecule has 2 aliphatic rings. The van der Waals surface area contributed by atoms with Gasteiger partial charge in [0.1, 0.15) is 17.8 Å². The zero-order chi connectivity index (χ0) is 21.8. The van der Waals surface area contributed by atoms with Gasteiger partial charge < -0.3 is 16.0 Å². The predicted molar refractivity (Wildman–Crippen MR) is 115 cm³/mol. The average molecular weight is 436 g/mol. The first kappa shape index (κ1) is 19.3. The Kier molecular flexibility index (Phi) is 4.33. The zero-order valence-corrected chi connectivity index (χ0v) is 17.1. The van der Waals surface area contributed by atoms with Crippen LogP contribution in [0.1, 0.15) is 23.1 Å². The zero-order valence-electron chi connectivity index (χ0n) is 16.3. The van der Waals surface area contributed by atoms with E-state index in [0.717, 1.165) is 5.56 Å². The van der Waals surface area contributed by atoms with Crippen LogP contribution in [0, 0.1) is 0 Å². The van der Waals surface area contributed by atoms with Crippen molar-refractivity contribution in [1.82, 2.24) is 9.78 Å². The number of amides is 3. The Morgan fingerprint density at radius 3 is 2.61 bits per heavy atom. The number of benzene rings is 2. The number of nitrogens with one attached hydrogen (secondary N) is 1. The Labute approximate surface area is 182 Å². The largest absolute Gasteiger partial charge is 0.368 e. The average Bonchev–Trinajstić information content (AvgIpc) is 3.23. The number of aromatic nitrogens is 2. The van der Waals surface area contributed by atoms with Gasteiger partial charge in [-0.1, -0.05) is 41.9 Å². The molecule has 1 atom stereocenters. The van der Waals surface area contributed by atoms with Gasteiger partial charge in [0.05, 0.1) is 12.7 Å². The van der Waals surface area contributed by atoms with Crippen molar-refractivity contribution in [3.05, 3.63) is 76.4 Å². The van der Waals surface area contributed by atoms with E-state index in [1.54, 1.807) is 35.1 Å². The van der Waals surface area contributed by atoms with Gasteiger partial charge in [0.15, 0.2) is 0 Å². The minimum atomic E-state index is -1.25. The Hall–Kier alpha value is -3.65. The molecule has 3 aromatic rings. The van der Waals surface area contributed by atoms with Crippen LogP contribution in [0.3, 0.4) is 0 Å². The highest BCUT2D eigenvalue weighted by Gasteiger charge is 2.57. The smallest absolute Gasteiger partial charge is 0.243 e. The van der Waals surface area contributed by atoms with Gasteiger partial charge >= 0.3 is 0 Å². The molecule has 0 saturated heterocycles. The maximum absolute atomic E-state index is 13.7.